The number of benzene rings is 2. The van der Waals surface area contributed by atoms with Gasteiger partial charge in [0.2, 0.25) is 9.84 Å². The van der Waals surface area contributed by atoms with Crippen molar-refractivity contribution in [3.63, 3.8) is 0 Å². The van der Waals surface area contributed by atoms with Gasteiger partial charge in [-0.15, -0.1) is 0 Å². The highest BCUT2D eigenvalue weighted by Gasteiger charge is 2.26. The minimum absolute atomic E-state index is 0.192. The van der Waals surface area contributed by atoms with Gasteiger partial charge in [-0.3, -0.25) is 4.79 Å². The highest BCUT2D eigenvalue weighted by atomic mass is 32.2. The molecule has 0 aliphatic carbocycles. The third kappa shape index (κ3) is 5.25. The number of para-hydroxylation sites is 1. The van der Waals surface area contributed by atoms with Crippen molar-refractivity contribution in [3.05, 3.63) is 60.2 Å². The molecule has 8 heteroatoms. The average Bonchev–Trinajstić information content (AvgIpc) is 2.62. The molecular weight excluding hydrogens is 352 g/mol. The minimum Gasteiger partial charge on any atom is -0.494 e. The van der Waals surface area contributed by atoms with Crippen molar-refractivity contribution in [2.24, 2.45) is 0 Å². The number of rotatable bonds is 8. The summed E-state index contributed by atoms with van der Waals surface area (Å²) in [6.07, 6.45) is 0.582. The van der Waals surface area contributed by atoms with Crippen molar-refractivity contribution < 1.29 is 26.7 Å². The van der Waals surface area contributed by atoms with E-state index in [9.17, 15) is 22.0 Å². The number of hydrogen-bond donors (Lipinski definition) is 1. The molecule has 0 bridgehead atoms. The van der Waals surface area contributed by atoms with Gasteiger partial charge < -0.3 is 10.1 Å². The molecular formula is C17H17F2NO4S. The van der Waals surface area contributed by atoms with E-state index >= 15 is 0 Å². The molecule has 2 aromatic carbocycles. The van der Waals surface area contributed by atoms with Gasteiger partial charge in [0.15, 0.2) is 0 Å². The monoisotopic (exact) mass is 369 g/mol. The van der Waals surface area contributed by atoms with Crippen molar-refractivity contribution in [1.29, 1.82) is 0 Å². The zero-order chi connectivity index (χ0) is 18.3. The fourth-order valence-corrected chi connectivity index (χ4v) is 2.70. The molecule has 1 N–H and O–H groups in total. The SMILES string of the molecule is O=C(NCCCOc1ccccc1)c1ccc(S(=O)(=O)C(F)F)cc1. The number of alkyl halides is 2. The Morgan fingerprint density at radius 1 is 1.04 bits per heavy atom. The van der Waals surface area contributed by atoms with E-state index in [4.69, 9.17) is 4.74 Å². The minimum atomic E-state index is -4.65. The molecule has 0 saturated carbocycles. The summed E-state index contributed by atoms with van der Waals surface area (Å²) in [7, 11) is -4.65. The van der Waals surface area contributed by atoms with Crippen LogP contribution < -0.4 is 10.1 Å². The summed E-state index contributed by atoms with van der Waals surface area (Å²) in [4.78, 5) is 11.4. The van der Waals surface area contributed by atoms with E-state index in [0.29, 0.717) is 19.6 Å². The number of carbonyl (C=O) groups is 1. The fraction of sp³-hybridized carbons (Fsp3) is 0.235. The van der Waals surface area contributed by atoms with Crippen LogP contribution in [-0.4, -0.2) is 33.2 Å². The van der Waals surface area contributed by atoms with Gasteiger partial charge >= 0.3 is 5.76 Å². The number of nitrogens with one attached hydrogen (secondary N) is 1. The summed E-state index contributed by atoms with van der Waals surface area (Å²) in [6.45, 7) is 0.790. The lowest BCUT2D eigenvalue weighted by Crippen LogP contribution is -2.25. The number of amides is 1. The van der Waals surface area contributed by atoms with Crippen molar-refractivity contribution >= 4 is 15.7 Å². The molecule has 0 spiro atoms. The lowest BCUT2D eigenvalue weighted by molar-refractivity contribution is 0.0951. The molecule has 1 amide bonds. The summed E-state index contributed by atoms with van der Waals surface area (Å²) in [5.74, 6) is -3.16. The molecule has 0 heterocycles. The summed E-state index contributed by atoms with van der Waals surface area (Å²) in [6, 6.07) is 13.6. The maximum Gasteiger partial charge on any atom is 0.341 e. The van der Waals surface area contributed by atoms with E-state index in [0.717, 1.165) is 17.9 Å². The molecule has 0 aliphatic rings. The standard InChI is InChI=1S/C17H17F2NO4S/c18-17(19)25(22,23)15-9-7-13(8-10-15)16(21)20-11-4-12-24-14-5-2-1-3-6-14/h1-3,5-10,17H,4,11-12H2,(H,20,21). The third-order valence-corrected chi connectivity index (χ3v) is 4.70. The number of ether oxygens (including phenoxy) is 1. The number of halogens is 2. The molecule has 0 atom stereocenters. The van der Waals surface area contributed by atoms with E-state index in [1.807, 2.05) is 30.3 Å². The maximum absolute atomic E-state index is 12.4. The third-order valence-electron chi connectivity index (χ3n) is 3.30. The Morgan fingerprint density at radius 2 is 1.68 bits per heavy atom. The van der Waals surface area contributed by atoms with Crippen LogP contribution in [0.1, 0.15) is 16.8 Å². The quantitative estimate of drug-likeness (QED) is 0.727. The van der Waals surface area contributed by atoms with Gasteiger partial charge in [0.1, 0.15) is 5.75 Å². The lowest BCUT2D eigenvalue weighted by Gasteiger charge is -2.08. The number of hydrogen-bond acceptors (Lipinski definition) is 4. The van der Waals surface area contributed by atoms with Crippen LogP contribution in [0.2, 0.25) is 0 Å². The van der Waals surface area contributed by atoms with Crippen molar-refractivity contribution in [1.82, 2.24) is 5.32 Å². The maximum atomic E-state index is 12.4. The van der Waals surface area contributed by atoms with Gasteiger partial charge in [0.25, 0.3) is 5.91 Å². The molecule has 134 valence electrons. The average molecular weight is 369 g/mol. The van der Waals surface area contributed by atoms with E-state index in [1.165, 1.54) is 12.1 Å². The molecule has 0 aromatic heterocycles. The van der Waals surface area contributed by atoms with Gasteiger partial charge in [0, 0.05) is 12.1 Å². The van der Waals surface area contributed by atoms with Crippen LogP contribution >= 0.6 is 0 Å². The van der Waals surface area contributed by atoms with Crippen LogP contribution in [-0.2, 0) is 9.84 Å². The summed E-state index contributed by atoms with van der Waals surface area (Å²) in [5.41, 5.74) is 0.192. The van der Waals surface area contributed by atoms with Crippen LogP contribution in [0.15, 0.2) is 59.5 Å². The Balaban J connectivity index is 1.79. The first-order valence-corrected chi connectivity index (χ1v) is 9.04. The normalized spacial score (nSPS) is 11.3. The van der Waals surface area contributed by atoms with Crippen LogP contribution in [0.4, 0.5) is 8.78 Å². The lowest BCUT2D eigenvalue weighted by atomic mass is 10.2. The van der Waals surface area contributed by atoms with Gasteiger partial charge in [-0.2, -0.15) is 8.78 Å². The van der Waals surface area contributed by atoms with Crippen LogP contribution in [0.3, 0.4) is 0 Å². The zero-order valence-electron chi connectivity index (χ0n) is 13.2. The van der Waals surface area contributed by atoms with Crippen molar-refractivity contribution in [2.75, 3.05) is 13.2 Å². The molecule has 0 radical (unpaired) electrons. The smallest absolute Gasteiger partial charge is 0.341 e. The number of carbonyl (C=O) groups excluding carboxylic acids is 1. The summed E-state index contributed by atoms with van der Waals surface area (Å²) < 4.78 is 53.0. The predicted molar refractivity (Wildman–Crippen MR) is 88.5 cm³/mol. The van der Waals surface area contributed by atoms with Gasteiger partial charge in [-0.05, 0) is 42.8 Å². The predicted octanol–water partition coefficient (Wildman–Crippen LogP) is 2.88. The van der Waals surface area contributed by atoms with Crippen molar-refractivity contribution in [3.8, 4) is 5.75 Å². The molecule has 25 heavy (non-hydrogen) atoms. The summed E-state index contributed by atoms with van der Waals surface area (Å²) in [5, 5.41) is 2.65. The second kappa shape index (κ2) is 8.57. The van der Waals surface area contributed by atoms with Crippen LogP contribution in [0, 0.1) is 0 Å². The molecule has 0 saturated heterocycles. The molecule has 0 fully saturated rings. The topological polar surface area (TPSA) is 72.5 Å². The Labute approximate surface area is 144 Å². The molecule has 2 aromatic rings. The van der Waals surface area contributed by atoms with Crippen molar-refractivity contribution in [2.45, 2.75) is 17.1 Å². The molecule has 0 aliphatic heterocycles. The zero-order valence-corrected chi connectivity index (χ0v) is 14.0. The second-order valence-corrected chi connectivity index (χ2v) is 7.02. The Bertz CT molecular complexity index is 793. The summed E-state index contributed by atoms with van der Waals surface area (Å²) >= 11 is 0. The van der Waals surface area contributed by atoms with Crippen LogP contribution in [0.5, 0.6) is 5.75 Å². The fourth-order valence-electron chi connectivity index (χ4n) is 1.98. The van der Waals surface area contributed by atoms with E-state index in [2.05, 4.69) is 5.32 Å². The van der Waals surface area contributed by atoms with E-state index < -0.39 is 26.4 Å². The Kier molecular flexibility index (Phi) is 6.46. The molecule has 0 unspecified atom stereocenters. The van der Waals surface area contributed by atoms with Crippen LogP contribution in [0.25, 0.3) is 0 Å². The molecule has 5 nitrogen and oxygen atoms in total. The molecule has 2 rings (SSSR count). The first-order valence-electron chi connectivity index (χ1n) is 7.49. The van der Waals surface area contributed by atoms with E-state index in [-0.39, 0.29) is 5.56 Å². The highest BCUT2D eigenvalue weighted by molar-refractivity contribution is 7.91. The van der Waals surface area contributed by atoms with Gasteiger partial charge in [-0.1, -0.05) is 18.2 Å². The van der Waals surface area contributed by atoms with Gasteiger partial charge in [0.05, 0.1) is 11.5 Å². The van der Waals surface area contributed by atoms with E-state index in [1.54, 1.807) is 0 Å². The Morgan fingerprint density at radius 3 is 2.28 bits per heavy atom. The first-order chi connectivity index (χ1) is 11.9. The van der Waals surface area contributed by atoms with Gasteiger partial charge in [-0.25, -0.2) is 8.42 Å². The second-order valence-electron chi connectivity index (χ2n) is 5.10. The first kappa shape index (κ1) is 18.9. The number of sulfone groups is 1. The highest BCUT2D eigenvalue weighted by Crippen LogP contribution is 2.18. The largest absolute Gasteiger partial charge is 0.494 e. The Hall–Kier alpha value is -2.48.